The number of hydrogen-bond acceptors (Lipinski definition) is 5. The quantitative estimate of drug-likeness (QED) is 0.817. The Morgan fingerprint density at radius 2 is 2.22 bits per heavy atom. The Kier molecular flexibility index (Phi) is 2.88. The van der Waals surface area contributed by atoms with E-state index in [1.807, 2.05) is 18.2 Å². The van der Waals surface area contributed by atoms with Gasteiger partial charge in [0.05, 0.1) is 13.0 Å². The Labute approximate surface area is 105 Å². The number of nitrogens with two attached hydrogens (primary N) is 1. The smallest absolute Gasteiger partial charge is 0.219 e. The maximum atomic E-state index is 5.66. The Balaban J connectivity index is 1.51. The van der Waals surface area contributed by atoms with Crippen LogP contribution in [0.15, 0.2) is 28.7 Å². The van der Waals surface area contributed by atoms with Gasteiger partial charge in [0.2, 0.25) is 11.8 Å². The second-order valence-corrected chi connectivity index (χ2v) is 4.48. The molecule has 1 fully saturated rings. The standard InChI is InChI=1S/C13H15N3O2/c14-10-2-1-3-11(8-10)17-7-6-12-15-16-13(18-12)9-4-5-9/h1-3,8-9H,4-7,14H2. The van der Waals surface area contributed by atoms with Crippen LogP contribution < -0.4 is 10.5 Å². The van der Waals surface area contributed by atoms with Crippen LogP contribution in [0.2, 0.25) is 0 Å². The molecule has 0 spiro atoms. The number of ether oxygens (including phenoxy) is 1. The third kappa shape index (κ3) is 2.61. The molecule has 3 rings (SSSR count). The fourth-order valence-corrected chi connectivity index (χ4v) is 1.72. The summed E-state index contributed by atoms with van der Waals surface area (Å²) in [5.41, 5.74) is 6.36. The highest BCUT2D eigenvalue weighted by Gasteiger charge is 2.29. The highest BCUT2D eigenvalue weighted by molar-refractivity contribution is 5.43. The molecule has 0 unspecified atom stereocenters. The monoisotopic (exact) mass is 245 g/mol. The maximum Gasteiger partial charge on any atom is 0.219 e. The lowest BCUT2D eigenvalue weighted by Gasteiger charge is -2.04. The maximum absolute atomic E-state index is 5.66. The molecular weight excluding hydrogens is 230 g/mol. The van der Waals surface area contributed by atoms with Gasteiger partial charge in [-0.05, 0) is 25.0 Å². The first-order valence-corrected chi connectivity index (χ1v) is 6.12. The van der Waals surface area contributed by atoms with Crippen LogP contribution in [-0.2, 0) is 6.42 Å². The number of rotatable bonds is 5. The SMILES string of the molecule is Nc1cccc(OCCc2nnc(C3CC3)o2)c1. The zero-order valence-electron chi connectivity index (χ0n) is 10.0. The Morgan fingerprint density at radius 3 is 3.00 bits per heavy atom. The van der Waals surface area contributed by atoms with Crippen molar-refractivity contribution in [2.75, 3.05) is 12.3 Å². The molecule has 0 aliphatic heterocycles. The Morgan fingerprint density at radius 1 is 1.33 bits per heavy atom. The summed E-state index contributed by atoms with van der Waals surface area (Å²) in [7, 11) is 0. The van der Waals surface area contributed by atoms with Crippen LogP contribution in [0.3, 0.4) is 0 Å². The van der Waals surface area contributed by atoms with E-state index in [0.717, 1.165) is 11.6 Å². The second-order valence-electron chi connectivity index (χ2n) is 4.48. The van der Waals surface area contributed by atoms with E-state index in [1.165, 1.54) is 12.8 Å². The minimum absolute atomic E-state index is 0.501. The van der Waals surface area contributed by atoms with E-state index in [-0.39, 0.29) is 0 Å². The fourth-order valence-electron chi connectivity index (χ4n) is 1.72. The van der Waals surface area contributed by atoms with Gasteiger partial charge in [0.1, 0.15) is 5.75 Å². The molecule has 1 saturated carbocycles. The zero-order chi connectivity index (χ0) is 12.4. The summed E-state index contributed by atoms with van der Waals surface area (Å²) in [5, 5.41) is 8.03. The molecular formula is C13H15N3O2. The summed E-state index contributed by atoms with van der Waals surface area (Å²) >= 11 is 0. The largest absolute Gasteiger partial charge is 0.493 e. The molecule has 1 aliphatic carbocycles. The molecule has 1 aromatic heterocycles. The van der Waals surface area contributed by atoms with Crippen molar-refractivity contribution in [2.45, 2.75) is 25.2 Å². The highest BCUT2D eigenvalue weighted by Crippen LogP contribution is 2.38. The van der Waals surface area contributed by atoms with Gasteiger partial charge in [-0.1, -0.05) is 6.07 Å². The molecule has 1 aliphatic rings. The lowest BCUT2D eigenvalue weighted by atomic mass is 10.3. The van der Waals surface area contributed by atoms with Crippen molar-refractivity contribution in [3.8, 4) is 5.75 Å². The van der Waals surface area contributed by atoms with Crippen molar-refractivity contribution in [3.63, 3.8) is 0 Å². The first-order chi connectivity index (χ1) is 8.81. The molecule has 1 aromatic carbocycles. The van der Waals surface area contributed by atoms with Crippen molar-refractivity contribution in [2.24, 2.45) is 0 Å². The van der Waals surface area contributed by atoms with Crippen LogP contribution in [-0.4, -0.2) is 16.8 Å². The molecule has 1 heterocycles. The molecule has 5 nitrogen and oxygen atoms in total. The van der Waals surface area contributed by atoms with E-state index >= 15 is 0 Å². The van der Waals surface area contributed by atoms with E-state index in [9.17, 15) is 0 Å². The van der Waals surface area contributed by atoms with Crippen molar-refractivity contribution < 1.29 is 9.15 Å². The summed E-state index contributed by atoms with van der Waals surface area (Å²) in [5.74, 6) is 2.67. The number of anilines is 1. The summed E-state index contributed by atoms with van der Waals surface area (Å²) < 4.78 is 11.1. The minimum Gasteiger partial charge on any atom is -0.493 e. The van der Waals surface area contributed by atoms with Gasteiger partial charge in [0.15, 0.2) is 0 Å². The number of nitrogen functional groups attached to an aromatic ring is 1. The summed E-state index contributed by atoms with van der Waals surface area (Å²) in [6.07, 6.45) is 2.96. The molecule has 0 bridgehead atoms. The van der Waals surface area contributed by atoms with Gasteiger partial charge in [-0.25, -0.2) is 0 Å². The van der Waals surface area contributed by atoms with E-state index in [0.29, 0.717) is 30.5 Å². The molecule has 2 N–H and O–H groups in total. The van der Waals surface area contributed by atoms with Crippen molar-refractivity contribution in [3.05, 3.63) is 36.0 Å². The van der Waals surface area contributed by atoms with Gasteiger partial charge >= 0.3 is 0 Å². The summed E-state index contributed by atoms with van der Waals surface area (Å²) in [4.78, 5) is 0. The van der Waals surface area contributed by atoms with E-state index in [2.05, 4.69) is 10.2 Å². The normalized spacial score (nSPS) is 14.7. The van der Waals surface area contributed by atoms with Gasteiger partial charge in [0, 0.05) is 17.7 Å². The van der Waals surface area contributed by atoms with Crippen molar-refractivity contribution in [1.82, 2.24) is 10.2 Å². The van der Waals surface area contributed by atoms with Crippen LogP contribution >= 0.6 is 0 Å². The van der Waals surface area contributed by atoms with Crippen LogP contribution in [0.1, 0.15) is 30.5 Å². The van der Waals surface area contributed by atoms with E-state index in [1.54, 1.807) is 6.07 Å². The molecule has 0 atom stereocenters. The zero-order valence-corrected chi connectivity index (χ0v) is 10.0. The first-order valence-electron chi connectivity index (χ1n) is 6.12. The average molecular weight is 245 g/mol. The molecule has 5 heteroatoms. The van der Waals surface area contributed by atoms with Gasteiger partial charge in [-0.2, -0.15) is 0 Å². The number of aromatic nitrogens is 2. The molecule has 18 heavy (non-hydrogen) atoms. The van der Waals surface area contributed by atoms with E-state index < -0.39 is 0 Å². The van der Waals surface area contributed by atoms with Crippen molar-refractivity contribution >= 4 is 5.69 Å². The molecule has 2 aromatic rings. The third-order valence-corrected chi connectivity index (χ3v) is 2.85. The Bertz CT molecular complexity index is 535. The van der Waals surface area contributed by atoms with Crippen LogP contribution in [0, 0.1) is 0 Å². The predicted molar refractivity (Wildman–Crippen MR) is 66.3 cm³/mol. The molecule has 0 amide bonds. The van der Waals surface area contributed by atoms with Crippen molar-refractivity contribution in [1.29, 1.82) is 0 Å². The fraction of sp³-hybridized carbons (Fsp3) is 0.385. The van der Waals surface area contributed by atoms with Crippen LogP contribution in [0.25, 0.3) is 0 Å². The molecule has 0 saturated heterocycles. The van der Waals surface area contributed by atoms with E-state index in [4.69, 9.17) is 14.9 Å². The predicted octanol–water partition coefficient (Wildman–Crippen LogP) is 2.15. The topological polar surface area (TPSA) is 74.2 Å². The molecule has 94 valence electrons. The van der Waals surface area contributed by atoms with Crippen LogP contribution in [0.5, 0.6) is 5.75 Å². The second kappa shape index (κ2) is 4.68. The Hall–Kier alpha value is -2.04. The van der Waals surface area contributed by atoms with Gasteiger partial charge in [0.25, 0.3) is 0 Å². The molecule has 0 radical (unpaired) electrons. The first kappa shape index (κ1) is 11.1. The third-order valence-electron chi connectivity index (χ3n) is 2.85. The highest BCUT2D eigenvalue weighted by atomic mass is 16.5. The van der Waals surface area contributed by atoms with Crippen LogP contribution in [0.4, 0.5) is 5.69 Å². The lowest BCUT2D eigenvalue weighted by Crippen LogP contribution is -2.01. The number of benzene rings is 1. The minimum atomic E-state index is 0.501. The summed E-state index contributed by atoms with van der Waals surface area (Å²) in [6.45, 7) is 0.510. The number of nitrogens with zero attached hydrogens (tertiary/aromatic N) is 2. The lowest BCUT2D eigenvalue weighted by molar-refractivity contribution is 0.304. The number of hydrogen-bond donors (Lipinski definition) is 1. The average Bonchev–Trinajstić information content (AvgIpc) is 3.10. The van der Waals surface area contributed by atoms with Gasteiger partial charge in [-0.15, -0.1) is 10.2 Å². The summed E-state index contributed by atoms with van der Waals surface area (Å²) in [6, 6.07) is 7.36. The van der Waals surface area contributed by atoms with Gasteiger partial charge in [-0.3, -0.25) is 0 Å². The van der Waals surface area contributed by atoms with Gasteiger partial charge < -0.3 is 14.9 Å².